The van der Waals surface area contributed by atoms with Crippen molar-refractivity contribution in [1.29, 1.82) is 0 Å². The zero-order chi connectivity index (χ0) is 14.6. The van der Waals surface area contributed by atoms with Crippen LogP contribution in [0.5, 0.6) is 11.5 Å². The average Bonchev–Trinajstić information content (AvgIpc) is 2.43. The molecule has 7 heteroatoms. The van der Waals surface area contributed by atoms with Crippen molar-refractivity contribution in [2.75, 3.05) is 26.1 Å². The molecule has 118 valence electrons. The molecule has 2 rings (SSSR count). The molecule has 0 atom stereocenters. The molecule has 0 amide bonds. The van der Waals surface area contributed by atoms with Crippen molar-refractivity contribution in [2.45, 2.75) is 24.9 Å². The Morgan fingerprint density at radius 1 is 1.38 bits per heavy atom. The normalized spacial score (nSPS) is 16.4. The van der Waals surface area contributed by atoms with Gasteiger partial charge in [-0.2, -0.15) is 0 Å². The van der Waals surface area contributed by atoms with Crippen molar-refractivity contribution in [3.8, 4) is 11.5 Å². The molecule has 0 aliphatic heterocycles. The molecular formula is C14H22IN3O3. The topological polar surface area (TPSA) is 89.1 Å². The van der Waals surface area contributed by atoms with E-state index in [-0.39, 0.29) is 29.9 Å². The number of nitrogens with one attached hydrogen (secondary N) is 1. The summed E-state index contributed by atoms with van der Waals surface area (Å²) in [6.45, 7) is 0.318. The van der Waals surface area contributed by atoms with Gasteiger partial charge < -0.3 is 25.6 Å². The molecule has 0 radical (unpaired) electrons. The molecule has 0 unspecified atom stereocenters. The van der Waals surface area contributed by atoms with Crippen molar-refractivity contribution in [2.24, 2.45) is 10.7 Å². The molecule has 4 N–H and O–H groups in total. The van der Waals surface area contributed by atoms with E-state index in [0.717, 1.165) is 19.3 Å². The highest BCUT2D eigenvalue weighted by atomic mass is 127. The van der Waals surface area contributed by atoms with Crippen molar-refractivity contribution in [3.63, 3.8) is 0 Å². The molecule has 1 fully saturated rings. The number of hydrogen-bond donors (Lipinski definition) is 3. The molecule has 0 aromatic heterocycles. The highest BCUT2D eigenvalue weighted by molar-refractivity contribution is 14.0. The number of anilines is 1. The number of aliphatic imine (C=N–C) groups is 1. The summed E-state index contributed by atoms with van der Waals surface area (Å²) >= 11 is 0. The van der Waals surface area contributed by atoms with E-state index in [2.05, 4.69) is 10.3 Å². The van der Waals surface area contributed by atoms with Gasteiger partial charge in [-0.25, -0.2) is 0 Å². The van der Waals surface area contributed by atoms with Gasteiger partial charge in [0.2, 0.25) is 0 Å². The number of nitrogens with zero attached hydrogens (tertiary/aromatic N) is 1. The molecule has 1 aromatic rings. The smallest absolute Gasteiger partial charge is 0.193 e. The molecular weight excluding hydrogens is 385 g/mol. The van der Waals surface area contributed by atoms with Gasteiger partial charge in [-0.1, -0.05) is 0 Å². The molecule has 1 aromatic carbocycles. The van der Waals surface area contributed by atoms with Crippen LogP contribution in [0.4, 0.5) is 5.69 Å². The molecule has 0 saturated heterocycles. The third-order valence-corrected chi connectivity index (χ3v) is 3.50. The standard InChI is InChI=1S/C14H21N3O3.HI/c1-19-10-4-5-12(20-2)11(8-10)17-13(15)16-9-14(18)6-3-7-14;/h4-5,8,18H,3,6-7,9H2,1-2H3,(H3,15,16,17);1H. The summed E-state index contributed by atoms with van der Waals surface area (Å²) in [4.78, 5) is 4.18. The van der Waals surface area contributed by atoms with Crippen LogP contribution in [0.15, 0.2) is 23.2 Å². The van der Waals surface area contributed by atoms with Gasteiger partial charge in [0, 0.05) is 6.07 Å². The van der Waals surface area contributed by atoms with Crippen LogP contribution in [0.1, 0.15) is 19.3 Å². The Morgan fingerprint density at radius 2 is 2.10 bits per heavy atom. The lowest BCUT2D eigenvalue weighted by Gasteiger charge is -2.35. The van der Waals surface area contributed by atoms with Gasteiger partial charge >= 0.3 is 0 Å². The van der Waals surface area contributed by atoms with Crippen LogP contribution in [0.25, 0.3) is 0 Å². The van der Waals surface area contributed by atoms with E-state index in [1.54, 1.807) is 32.4 Å². The molecule has 1 saturated carbocycles. The first-order valence-electron chi connectivity index (χ1n) is 6.58. The fourth-order valence-electron chi connectivity index (χ4n) is 2.06. The second-order valence-corrected chi connectivity index (χ2v) is 4.97. The maximum Gasteiger partial charge on any atom is 0.193 e. The van der Waals surface area contributed by atoms with Crippen molar-refractivity contribution < 1.29 is 14.6 Å². The average molecular weight is 407 g/mol. The van der Waals surface area contributed by atoms with Gasteiger partial charge in [0.25, 0.3) is 0 Å². The quantitative estimate of drug-likeness (QED) is 0.395. The van der Waals surface area contributed by atoms with E-state index < -0.39 is 5.60 Å². The number of methoxy groups -OCH3 is 2. The fourth-order valence-corrected chi connectivity index (χ4v) is 2.06. The molecule has 1 aliphatic carbocycles. The van der Waals surface area contributed by atoms with E-state index in [9.17, 15) is 5.11 Å². The summed E-state index contributed by atoms with van der Waals surface area (Å²) in [6.07, 6.45) is 2.61. The van der Waals surface area contributed by atoms with Gasteiger partial charge in [-0.05, 0) is 31.4 Å². The number of aliphatic hydroxyl groups is 1. The maximum atomic E-state index is 9.97. The highest BCUT2D eigenvalue weighted by Gasteiger charge is 2.33. The third-order valence-electron chi connectivity index (χ3n) is 3.50. The first-order chi connectivity index (χ1) is 9.56. The number of ether oxygens (including phenoxy) is 2. The summed E-state index contributed by atoms with van der Waals surface area (Å²) in [5, 5.41) is 12.9. The summed E-state index contributed by atoms with van der Waals surface area (Å²) in [5.41, 5.74) is 5.84. The van der Waals surface area contributed by atoms with Crippen LogP contribution in [0, 0.1) is 0 Å². The Kier molecular flexibility index (Phi) is 6.53. The van der Waals surface area contributed by atoms with E-state index in [0.29, 0.717) is 23.7 Å². The van der Waals surface area contributed by atoms with Crippen molar-refractivity contribution >= 4 is 35.6 Å². The molecule has 0 heterocycles. The minimum Gasteiger partial charge on any atom is -0.497 e. The predicted molar refractivity (Wildman–Crippen MR) is 93.9 cm³/mol. The lowest BCUT2D eigenvalue weighted by molar-refractivity contribution is -0.0235. The van der Waals surface area contributed by atoms with Crippen LogP contribution in [0.3, 0.4) is 0 Å². The zero-order valence-electron chi connectivity index (χ0n) is 12.3. The van der Waals surface area contributed by atoms with Crippen molar-refractivity contribution in [3.05, 3.63) is 18.2 Å². The first-order valence-corrected chi connectivity index (χ1v) is 6.58. The zero-order valence-corrected chi connectivity index (χ0v) is 14.6. The molecule has 1 aliphatic rings. The number of halogens is 1. The van der Waals surface area contributed by atoms with E-state index >= 15 is 0 Å². The van der Waals surface area contributed by atoms with E-state index in [4.69, 9.17) is 15.2 Å². The number of rotatable bonds is 5. The number of hydrogen-bond acceptors (Lipinski definition) is 4. The Labute approximate surface area is 141 Å². The summed E-state index contributed by atoms with van der Waals surface area (Å²) in [6, 6.07) is 5.36. The van der Waals surface area contributed by atoms with Crippen LogP contribution < -0.4 is 20.5 Å². The third kappa shape index (κ3) is 4.63. The summed E-state index contributed by atoms with van der Waals surface area (Å²) < 4.78 is 10.4. The minimum atomic E-state index is -0.676. The Bertz CT molecular complexity index is 504. The monoisotopic (exact) mass is 407 g/mol. The Morgan fingerprint density at radius 3 is 2.62 bits per heavy atom. The van der Waals surface area contributed by atoms with Crippen LogP contribution in [-0.4, -0.2) is 37.4 Å². The second-order valence-electron chi connectivity index (χ2n) is 4.97. The van der Waals surface area contributed by atoms with Gasteiger partial charge in [-0.15, -0.1) is 24.0 Å². The first kappa shape index (κ1) is 17.8. The number of guanidine groups is 1. The summed E-state index contributed by atoms with van der Waals surface area (Å²) in [7, 11) is 3.17. The SMILES string of the molecule is COc1ccc(OC)c(NC(N)=NCC2(O)CCC2)c1.I. The number of benzene rings is 1. The fraction of sp³-hybridized carbons (Fsp3) is 0.500. The Hall–Kier alpha value is -1.22. The maximum absolute atomic E-state index is 9.97. The molecule has 0 spiro atoms. The second kappa shape index (κ2) is 7.69. The largest absolute Gasteiger partial charge is 0.497 e. The van der Waals surface area contributed by atoms with Gasteiger partial charge in [0.05, 0.1) is 32.1 Å². The van der Waals surface area contributed by atoms with Crippen molar-refractivity contribution in [1.82, 2.24) is 0 Å². The molecule has 6 nitrogen and oxygen atoms in total. The highest BCUT2D eigenvalue weighted by Crippen LogP contribution is 2.32. The van der Waals surface area contributed by atoms with E-state index in [1.807, 2.05) is 0 Å². The van der Waals surface area contributed by atoms with Crippen LogP contribution in [-0.2, 0) is 0 Å². The minimum absolute atomic E-state index is 0. The lowest BCUT2D eigenvalue weighted by Crippen LogP contribution is -2.41. The van der Waals surface area contributed by atoms with Gasteiger partial charge in [0.1, 0.15) is 11.5 Å². The van der Waals surface area contributed by atoms with Crippen LogP contribution in [0.2, 0.25) is 0 Å². The molecule has 21 heavy (non-hydrogen) atoms. The predicted octanol–water partition coefficient (Wildman–Crippen LogP) is 1.96. The van der Waals surface area contributed by atoms with Gasteiger partial charge in [-0.3, -0.25) is 4.99 Å². The molecule has 0 bridgehead atoms. The van der Waals surface area contributed by atoms with Crippen LogP contribution >= 0.6 is 24.0 Å². The lowest BCUT2D eigenvalue weighted by atomic mass is 9.80. The van der Waals surface area contributed by atoms with Gasteiger partial charge in [0.15, 0.2) is 5.96 Å². The Balaban J connectivity index is 0.00000220. The summed E-state index contributed by atoms with van der Waals surface area (Å²) in [5.74, 6) is 1.59. The number of nitrogens with two attached hydrogens (primary N) is 1. The van der Waals surface area contributed by atoms with E-state index in [1.165, 1.54) is 0 Å².